The Morgan fingerprint density at radius 1 is 1.03 bits per heavy atom. The molecule has 0 spiro atoms. The lowest BCUT2D eigenvalue weighted by molar-refractivity contribution is -0.0266. The summed E-state index contributed by atoms with van der Waals surface area (Å²) in [6.45, 7) is 11.6. The normalized spacial score (nSPS) is 27.0. The summed E-state index contributed by atoms with van der Waals surface area (Å²) in [6, 6.07) is 14.1. The van der Waals surface area contributed by atoms with E-state index in [9.17, 15) is 9.90 Å². The van der Waals surface area contributed by atoms with Gasteiger partial charge in [-0.15, -0.1) is 0 Å². The van der Waals surface area contributed by atoms with E-state index >= 15 is 0 Å². The van der Waals surface area contributed by atoms with Gasteiger partial charge in [-0.25, -0.2) is 0 Å². The summed E-state index contributed by atoms with van der Waals surface area (Å²) in [5.41, 5.74) is 4.06. The summed E-state index contributed by atoms with van der Waals surface area (Å²) >= 11 is 0. The number of benzene rings is 2. The molecular formula is C26H33N3O2. The van der Waals surface area contributed by atoms with Crippen LogP contribution in [0.3, 0.4) is 0 Å². The number of hydrogen-bond acceptors (Lipinski definition) is 4. The van der Waals surface area contributed by atoms with Gasteiger partial charge in [-0.3, -0.25) is 4.79 Å². The van der Waals surface area contributed by atoms with E-state index < -0.39 is 0 Å². The third-order valence-corrected chi connectivity index (χ3v) is 8.48. The number of piperazine rings is 1. The van der Waals surface area contributed by atoms with Gasteiger partial charge < -0.3 is 20.2 Å². The molecule has 2 saturated heterocycles. The fourth-order valence-electron chi connectivity index (χ4n) is 6.07. The zero-order valence-corrected chi connectivity index (χ0v) is 18.8. The SMILES string of the molecule is CC12CCN(C(=O)c3ccc(N4CCNCC4)cc3)[C@H](Cc3c(O)cccc31)C2(C)C. The van der Waals surface area contributed by atoms with Crippen molar-refractivity contribution in [3.05, 3.63) is 59.2 Å². The van der Waals surface area contributed by atoms with Crippen LogP contribution in [0.2, 0.25) is 0 Å². The summed E-state index contributed by atoms with van der Waals surface area (Å²) in [7, 11) is 0. The maximum Gasteiger partial charge on any atom is 0.254 e. The molecule has 2 bridgehead atoms. The predicted molar refractivity (Wildman–Crippen MR) is 124 cm³/mol. The summed E-state index contributed by atoms with van der Waals surface area (Å²) in [6.07, 6.45) is 1.60. The number of carbonyl (C=O) groups is 1. The van der Waals surface area contributed by atoms with E-state index in [0.29, 0.717) is 12.2 Å². The first-order valence-electron chi connectivity index (χ1n) is 11.5. The van der Waals surface area contributed by atoms with Crippen LogP contribution in [0.1, 0.15) is 48.7 Å². The number of phenolic OH excluding ortho intramolecular Hbond substituents is 1. The Hall–Kier alpha value is -2.53. The maximum atomic E-state index is 13.6. The number of nitrogens with zero attached hydrogens (tertiary/aromatic N) is 2. The highest BCUT2D eigenvalue weighted by atomic mass is 16.3. The lowest BCUT2D eigenvalue weighted by Crippen LogP contribution is -2.64. The van der Waals surface area contributed by atoms with E-state index in [2.05, 4.69) is 54.1 Å². The Morgan fingerprint density at radius 3 is 2.45 bits per heavy atom. The molecule has 2 aliphatic heterocycles. The topological polar surface area (TPSA) is 55.8 Å². The molecule has 31 heavy (non-hydrogen) atoms. The molecule has 0 aromatic heterocycles. The highest BCUT2D eigenvalue weighted by molar-refractivity contribution is 5.95. The van der Waals surface area contributed by atoms with Crippen molar-refractivity contribution in [2.24, 2.45) is 5.41 Å². The van der Waals surface area contributed by atoms with E-state index in [1.165, 1.54) is 11.3 Å². The van der Waals surface area contributed by atoms with Gasteiger partial charge in [0.15, 0.2) is 0 Å². The lowest BCUT2D eigenvalue weighted by atomic mass is 9.51. The zero-order chi connectivity index (χ0) is 21.8. The van der Waals surface area contributed by atoms with Crippen molar-refractivity contribution >= 4 is 11.6 Å². The van der Waals surface area contributed by atoms with Crippen molar-refractivity contribution in [1.29, 1.82) is 0 Å². The predicted octanol–water partition coefficient (Wildman–Crippen LogP) is 3.56. The number of hydrogen-bond donors (Lipinski definition) is 2. The molecule has 2 aromatic carbocycles. The van der Waals surface area contributed by atoms with Crippen LogP contribution in [0.4, 0.5) is 5.69 Å². The summed E-state index contributed by atoms with van der Waals surface area (Å²) in [5.74, 6) is 0.463. The molecule has 5 rings (SSSR count). The van der Waals surface area contributed by atoms with E-state index in [4.69, 9.17) is 0 Å². The second-order valence-electron chi connectivity index (χ2n) is 10.1. The number of phenols is 1. The molecule has 1 aliphatic carbocycles. The monoisotopic (exact) mass is 419 g/mol. The van der Waals surface area contributed by atoms with Crippen LogP contribution >= 0.6 is 0 Å². The van der Waals surface area contributed by atoms with E-state index in [1.807, 2.05) is 18.2 Å². The quantitative estimate of drug-likeness (QED) is 0.782. The van der Waals surface area contributed by atoms with Crippen LogP contribution in [-0.2, 0) is 11.8 Å². The highest BCUT2D eigenvalue weighted by Gasteiger charge is 2.57. The number of fused-ring (bicyclic) bond motifs is 4. The van der Waals surface area contributed by atoms with Gasteiger partial charge in [-0.2, -0.15) is 0 Å². The maximum absolute atomic E-state index is 13.6. The second kappa shape index (κ2) is 7.27. The number of likely N-dealkylation sites (tertiary alicyclic amines) is 1. The molecule has 3 aliphatic rings. The molecule has 2 heterocycles. The van der Waals surface area contributed by atoms with Crippen molar-refractivity contribution in [2.45, 2.75) is 45.1 Å². The number of rotatable bonds is 2. The Kier molecular flexibility index (Phi) is 4.78. The standard InChI is InChI=1S/C26H33N3O2/c1-25(2)23-17-20-21(5-4-6-22(20)30)26(25,3)11-14-29(23)24(31)18-7-9-19(10-8-18)28-15-12-27-13-16-28/h4-10,23,27,30H,11-17H2,1-3H3/t23-,26?/m1/s1. The molecule has 5 nitrogen and oxygen atoms in total. The van der Waals surface area contributed by atoms with Gasteiger partial charge in [-0.05, 0) is 59.7 Å². The fourth-order valence-corrected chi connectivity index (χ4v) is 6.07. The average Bonchev–Trinajstić information content (AvgIpc) is 2.77. The summed E-state index contributed by atoms with van der Waals surface area (Å²) in [5, 5.41) is 14.0. The largest absolute Gasteiger partial charge is 0.508 e. The minimum atomic E-state index is -0.0809. The molecule has 0 radical (unpaired) electrons. The molecule has 2 fully saturated rings. The third kappa shape index (κ3) is 3.05. The molecule has 2 atom stereocenters. The summed E-state index contributed by atoms with van der Waals surface area (Å²) in [4.78, 5) is 18.0. The lowest BCUT2D eigenvalue weighted by Gasteiger charge is -2.60. The smallest absolute Gasteiger partial charge is 0.254 e. The first-order valence-corrected chi connectivity index (χ1v) is 11.5. The van der Waals surface area contributed by atoms with Crippen molar-refractivity contribution < 1.29 is 9.90 Å². The minimum Gasteiger partial charge on any atom is -0.508 e. The Labute approximate surface area is 185 Å². The number of carbonyl (C=O) groups excluding carboxylic acids is 1. The van der Waals surface area contributed by atoms with E-state index in [1.54, 1.807) is 6.07 Å². The molecule has 2 aromatic rings. The Morgan fingerprint density at radius 2 is 1.74 bits per heavy atom. The van der Waals surface area contributed by atoms with Crippen molar-refractivity contribution in [1.82, 2.24) is 10.2 Å². The average molecular weight is 420 g/mol. The first-order chi connectivity index (χ1) is 14.8. The van der Waals surface area contributed by atoms with E-state index in [0.717, 1.165) is 50.3 Å². The van der Waals surface area contributed by atoms with Crippen molar-refractivity contribution in [3.63, 3.8) is 0 Å². The van der Waals surface area contributed by atoms with Gasteiger partial charge in [0.25, 0.3) is 5.91 Å². The van der Waals surface area contributed by atoms with Crippen LogP contribution in [0.5, 0.6) is 5.75 Å². The zero-order valence-electron chi connectivity index (χ0n) is 18.8. The Bertz CT molecular complexity index is 994. The molecule has 5 heteroatoms. The van der Waals surface area contributed by atoms with E-state index in [-0.39, 0.29) is 22.8 Å². The fraction of sp³-hybridized carbons (Fsp3) is 0.500. The van der Waals surface area contributed by atoms with Crippen LogP contribution in [0.15, 0.2) is 42.5 Å². The molecule has 0 saturated carbocycles. The highest BCUT2D eigenvalue weighted by Crippen LogP contribution is 2.57. The molecule has 1 amide bonds. The molecular weight excluding hydrogens is 386 g/mol. The number of anilines is 1. The molecule has 1 unspecified atom stereocenters. The van der Waals surface area contributed by atoms with Gasteiger partial charge >= 0.3 is 0 Å². The number of piperidine rings is 1. The van der Waals surface area contributed by atoms with Gasteiger partial charge in [0, 0.05) is 55.4 Å². The van der Waals surface area contributed by atoms with Crippen molar-refractivity contribution in [2.75, 3.05) is 37.6 Å². The summed E-state index contributed by atoms with van der Waals surface area (Å²) < 4.78 is 0. The number of nitrogens with one attached hydrogen (secondary N) is 1. The molecule has 164 valence electrons. The van der Waals surface area contributed by atoms with Gasteiger partial charge in [-0.1, -0.05) is 32.9 Å². The van der Waals surface area contributed by atoms with Crippen LogP contribution in [0.25, 0.3) is 0 Å². The van der Waals surface area contributed by atoms with Crippen LogP contribution in [-0.4, -0.2) is 54.7 Å². The van der Waals surface area contributed by atoms with Crippen LogP contribution in [0, 0.1) is 5.41 Å². The Balaban J connectivity index is 1.44. The first kappa shape index (κ1) is 20.4. The number of amides is 1. The third-order valence-electron chi connectivity index (χ3n) is 8.48. The van der Waals surface area contributed by atoms with Gasteiger partial charge in [0.2, 0.25) is 0 Å². The van der Waals surface area contributed by atoms with Gasteiger partial charge in [0.05, 0.1) is 0 Å². The van der Waals surface area contributed by atoms with Gasteiger partial charge in [0.1, 0.15) is 5.75 Å². The minimum absolute atomic E-state index is 0.0624. The van der Waals surface area contributed by atoms with Crippen LogP contribution < -0.4 is 10.2 Å². The number of aromatic hydroxyl groups is 1. The second-order valence-corrected chi connectivity index (χ2v) is 10.1. The molecule has 2 N–H and O–H groups in total. The van der Waals surface area contributed by atoms with Crippen molar-refractivity contribution in [3.8, 4) is 5.75 Å².